The second kappa shape index (κ2) is 3.75. The maximum atomic E-state index is 5.38. The van der Waals surface area contributed by atoms with Crippen molar-refractivity contribution >= 4 is 0 Å². The van der Waals surface area contributed by atoms with Gasteiger partial charge in [-0.05, 0) is 24.7 Å². The predicted molar refractivity (Wildman–Crippen MR) is 46.4 cm³/mol. The summed E-state index contributed by atoms with van der Waals surface area (Å²) in [5, 5.41) is 0. The molecule has 62 valence electrons. The SMILES string of the molecule is C#CCC(NN)C(C)C1CC1. The largest absolute Gasteiger partial charge is 0.271 e. The summed E-state index contributed by atoms with van der Waals surface area (Å²) in [6, 6.07) is 0.312. The van der Waals surface area contributed by atoms with E-state index < -0.39 is 0 Å². The Kier molecular flexibility index (Phi) is 2.92. The summed E-state index contributed by atoms with van der Waals surface area (Å²) in [7, 11) is 0. The summed E-state index contributed by atoms with van der Waals surface area (Å²) in [4.78, 5) is 0. The molecule has 0 aromatic rings. The second-order valence-corrected chi connectivity index (χ2v) is 3.38. The third kappa shape index (κ3) is 2.21. The van der Waals surface area contributed by atoms with Crippen molar-refractivity contribution in [2.75, 3.05) is 0 Å². The van der Waals surface area contributed by atoms with E-state index in [-0.39, 0.29) is 0 Å². The average molecular weight is 152 g/mol. The Morgan fingerprint density at radius 3 is 2.73 bits per heavy atom. The van der Waals surface area contributed by atoms with Gasteiger partial charge in [0.25, 0.3) is 0 Å². The minimum atomic E-state index is 0.312. The molecule has 1 aliphatic rings. The van der Waals surface area contributed by atoms with Crippen LogP contribution in [0.5, 0.6) is 0 Å². The first-order valence-corrected chi connectivity index (χ1v) is 4.19. The van der Waals surface area contributed by atoms with Gasteiger partial charge in [-0.3, -0.25) is 11.3 Å². The molecule has 1 saturated carbocycles. The van der Waals surface area contributed by atoms with Crippen molar-refractivity contribution < 1.29 is 0 Å². The molecule has 3 N–H and O–H groups in total. The topological polar surface area (TPSA) is 38.0 Å². The first kappa shape index (κ1) is 8.58. The molecule has 11 heavy (non-hydrogen) atoms. The Balaban J connectivity index is 2.33. The highest BCUT2D eigenvalue weighted by atomic mass is 15.2. The minimum Gasteiger partial charge on any atom is -0.271 e. The predicted octanol–water partition coefficient (Wildman–Crippen LogP) is 0.888. The quantitative estimate of drug-likeness (QED) is 0.356. The molecule has 0 aromatic carbocycles. The number of hydrogen-bond donors (Lipinski definition) is 2. The minimum absolute atomic E-state index is 0.312. The summed E-state index contributed by atoms with van der Waals surface area (Å²) < 4.78 is 0. The first-order chi connectivity index (χ1) is 5.29. The summed E-state index contributed by atoms with van der Waals surface area (Å²) >= 11 is 0. The molecule has 0 amide bonds. The van der Waals surface area contributed by atoms with Gasteiger partial charge in [-0.15, -0.1) is 12.3 Å². The number of hydrazine groups is 1. The third-order valence-corrected chi connectivity index (χ3v) is 2.55. The van der Waals surface area contributed by atoms with Gasteiger partial charge in [0.2, 0.25) is 0 Å². The van der Waals surface area contributed by atoms with E-state index in [2.05, 4.69) is 18.3 Å². The normalized spacial score (nSPS) is 22.3. The highest BCUT2D eigenvalue weighted by Gasteiger charge is 2.32. The van der Waals surface area contributed by atoms with Crippen LogP contribution in [0.1, 0.15) is 26.2 Å². The van der Waals surface area contributed by atoms with Gasteiger partial charge >= 0.3 is 0 Å². The molecule has 0 spiro atoms. The molecular formula is C9H16N2. The molecule has 1 fully saturated rings. The molecule has 0 heterocycles. The summed E-state index contributed by atoms with van der Waals surface area (Å²) in [5.41, 5.74) is 2.78. The van der Waals surface area contributed by atoms with Crippen molar-refractivity contribution in [3.05, 3.63) is 0 Å². The third-order valence-electron chi connectivity index (χ3n) is 2.55. The van der Waals surface area contributed by atoms with E-state index in [0.29, 0.717) is 12.0 Å². The maximum absolute atomic E-state index is 5.38. The first-order valence-electron chi connectivity index (χ1n) is 4.19. The number of rotatable bonds is 4. The number of nitrogens with one attached hydrogen (secondary N) is 1. The Hall–Kier alpha value is -0.520. The zero-order valence-corrected chi connectivity index (χ0v) is 7.01. The van der Waals surface area contributed by atoms with Gasteiger partial charge in [0, 0.05) is 12.5 Å². The van der Waals surface area contributed by atoms with Gasteiger partial charge in [0.05, 0.1) is 0 Å². The molecule has 1 aliphatic carbocycles. The molecule has 0 aliphatic heterocycles. The van der Waals surface area contributed by atoms with Crippen molar-refractivity contribution in [3.8, 4) is 12.3 Å². The van der Waals surface area contributed by atoms with Gasteiger partial charge in [-0.25, -0.2) is 0 Å². The summed E-state index contributed by atoms with van der Waals surface area (Å²) in [6.45, 7) is 2.22. The Morgan fingerprint density at radius 2 is 2.36 bits per heavy atom. The molecule has 1 rings (SSSR count). The van der Waals surface area contributed by atoms with Gasteiger partial charge < -0.3 is 0 Å². The van der Waals surface area contributed by atoms with Crippen LogP contribution in [0.15, 0.2) is 0 Å². The molecule has 2 heteroatoms. The van der Waals surface area contributed by atoms with Gasteiger partial charge in [-0.2, -0.15) is 0 Å². The fourth-order valence-electron chi connectivity index (χ4n) is 1.47. The van der Waals surface area contributed by atoms with E-state index in [1.54, 1.807) is 0 Å². The molecule has 2 atom stereocenters. The molecular weight excluding hydrogens is 136 g/mol. The van der Waals surface area contributed by atoms with E-state index in [0.717, 1.165) is 12.3 Å². The van der Waals surface area contributed by atoms with E-state index in [1.807, 2.05) is 0 Å². The van der Waals surface area contributed by atoms with Gasteiger partial charge in [0.15, 0.2) is 0 Å². The monoisotopic (exact) mass is 152 g/mol. The highest BCUT2D eigenvalue weighted by molar-refractivity contribution is 4.94. The molecule has 0 saturated heterocycles. The summed E-state index contributed by atoms with van der Waals surface area (Å²) in [6.07, 6.45) is 8.66. The van der Waals surface area contributed by atoms with Crippen molar-refractivity contribution in [2.45, 2.75) is 32.2 Å². The van der Waals surface area contributed by atoms with Crippen molar-refractivity contribution in [1.82, 2.24) is 5.43 Å². The average Bonchev–Trinajstić information content (AvgIpc) is 2.81. The maximum Gasteiger partial charge on any atom is 0.0348 e. The van der Waals surface area contributed by atoms with Gasteiger partial charge in [-0.1, -0.05) is 6.92 Å². The van der Waals surface area contributed by atoms with Crippen LogP contribution in [-0.2, 0) is 0 Å². The molecule has 0 bridgehead atoms. The van der Waals surface area contributed by atoms with Crippen LogP contribution in [0.25, 0.3) is 0 Å². The molecule has 0 radical (unpaired) electrons. The fraction of sp³-hybridized carbons (Fsp3) is 0.778. The lowest BCUT2D eigenvalue weighted by atomic mass is 9.95. The fourth-order valence-corrected chi connectivity index (χ4v) is 1.47. The van der Waals surface area contributed by atoms with Crippen molar-refractivity contribution in [3.63, 3.8) is 0 Å². The number of nitrogens with two attached hydrogens (primary N) is 1. The van der Waals surface area contributed by atoms with Crippen molar-refractivity contribution in [2.24, 2.45) is 17.7 Å². The second-order valence-electron chi connectivity index (χ2n) is 3.38. The molecule has 0 aromatic heterocycles. The zero-order chi connectivity index (χ0) is 8.27. The van der Waals surface area contributed by atoms with Crippen LogP contribution in [0, 0.1) is 24.2 Å². The zero-order valence-electron chi connectivity index (χ0n) is 7.01. The lowest BCUT2D eigenvalue weighted by molar-refractivity contribution is 0.351. The van der Waals surface area contributed by atoms with Crippen LogP contribution in [0.4, 0.5) is 0 Å². The lowest BCUT2D eigenvalue weighted by Crippen LogP contribution is -2.40. The van der Waals surface area contributed by atoms with E-state index in [9.17, 15) is 0 Å². The Morgan fingerprint density at radius 1 is 1.73 bits per heavy atom. The van der Waals surface area contributed by atoms with Crippen LogP contribution in [0.3, 0.4) is 0 Å². The van der Waals surface area contributed by atoms with E-state index >= 15 is 0 Å². The Labute approximate surface area is 68.5 Å². The van der Waals surface area contributed by atoms with E-state index in [4.69, 9.17) is 12.3 Å². The molecule has 2 nitrogen and oxygen atoms in total. The van der Waals surface area contributed by atoms with Crippen molar-refractivity contribution in [1.29, 1.82) is 0 Å². The number of terminal acetylenes is 1. The van der Waals surface area contributed by atoms with Crippen LogP contribution < -0.4 is 11.3 Å². The smallest absolute Gasteiger partial charge is 0.0348 e. The van der Waals surface area contributed by atoms with E-state index in [1.165, 1.54) is 12.8 Å². The lowest BCUT2D eigenvalue weighted by Gasteiger charge is -2.20. The van der Waals surface area contributed by atoms with Gasteiger partial charge in [0.1, 0.15) is 0 Å². The van der Waals surface area contributed by atoms with Crippen LogP contribution in [0.2, 0.25) is 0 Å². The number of hydrogen-bond acceptors (Lipinski definition) is 2. The molecule has 2 unspecified atom stereocenters. The van der Waals surface area contributed by atoms with Crippen LogP contribution in [-0.4, -0.2) is 6.04 Å². The highest BCUT2D eigenvalue weighted by Crippen LogP contribution is 2.38. The van der Waals surface area contributed by atoms with Crippen LogP contribution >= 0.6 is 0 Å². The summed E-state index contributed by atoms with van der Waals surface area (Å²) in [5.74, 6) is 9.52. The Bertz CT molecular complexity index is 155. The standard InChI is InChI=1S/C9H16N2/c1-3-4-9(11-10)7(2)8-5-6-8/h1,7-9,11H,4-6,10H2,2H3.